The number of rotatable bonds is 12. The number of ether oxygens (including phenoxy) is 1. The molecular formula is C27H32ClF2N3O4S. The van der Waals surface area contributed by atoms with Crippen molar-refractivity contribution in [1.29, 1.82) is 0 Å². The van der Waals surface area contributed by atoms with Gasteiger partial charge in [0.1, 0.15) is 5.75 Å². The van der Waals surface area contributed by atoms with Crippen LogP contribution in [0.1, 0.15) is 20.3 Å². The Morgan fingerprint density at radius 2 is 2.03 bits per heavy atom. The van der Waals surface area contributed by atoms with Gasteiger partial charge in [-0.05, 0) is 41.5 Å². The second kappa shape index (κ2) is 12.3. The molecule has 0 fully saturated rings. The molecule has 0 aliphatic heterocycles. The minimum absolute atomic E-state index is 0.0415. The molecule has 11 heteroatoms. The Kier molecular flexibility index (Phi) is 9.59. The van der Waals surface area contributed by atoms with Gasteiger partial charge in [0, 0.05) is 35.2 Å². The number of fused-ring (bicyclic) bond motifs is 1. The van der Waals surface area contributed by atoms with Gasteiger partial charge in [0.05, 0.1) is 40.8 Å². The summed E-state index contributed by atoms with van der Waals surface area (Å²) in [4.78, 5) is 4.23. The molecule has 4 N–H and O–H groups in total. The minimum atomic E-state index is -3.45. The number of sulfone groups is 1. The number of aliphatic hydroxyl groups excluding tert-OH is 1. The van der Waals surface area contributed by atoms with Crippen LogP contribution in [0.5, 0.6) is 5.75 Å². The van der Waals surface area contributed by atoms with Crippen LogP contribution in [0.2, 0.25) is 0 Å². The standard InChI is InChI=1S/C27H32ClF2N3O4S/c1-4-33(12-13-34)27(29,30)11-14-37-24-10-9-22(19-7-6-8-21(15-19)38(35,36)5-2)25-23(16-20(28)17-31)18(3)32-26(24)25/h6-10,15-17,32,34H,3-5,11-14,31H2,1-2H3/b20-17+,23-16+. The number of nitrogens with zero attached hydrogens (tertiary/aromatic N) is 1. The van der Waals surface area contributed by atoms with Crippen LogP contribution >= 0.6 is 11.6 Å². The molecule has 0 unspecified atom stereocenters. The fourth-order valence-corrected chi connectivity index (χ4v) is 5.24. The molecule has 3 aromatic rings. The summed E-state index contributed by atoms with van der Waals surface area (Å²) in [6.45, 7) is 6.49. The van der Waals surface area contributed by atoms with Crippen molar-refractivity contribution >= 4 is 45.0 Å². The van der Waals surface area contributed by atoms with E-state index in [1.807, 2.05) is 0 Å². The number of aromatic amines is 1. The lowest BCUT2D eigenvalue weighted by Crippen LogP contribution is -2.44. The summed E-state index contributed by atoms with van der Waals surface area (Å²) in [6.07, 6.45) is 2.26. The summed E-state index contributed by atoms with van der Waals surface area (Å²) in [6, 6.07) is 6.80. The molecule has 0 spiro atoms. The van der Waals surface area contributed by atoms with Crippen LogP contribution in [-0.4, -0.2) is 61.5 Å². The number of allylic oxidation sites excluding steroid dienone is 1. The third kappa shape index (κ3) is 6.37. The van der Waals surface area contributed by atoms with Crippen molar-refractivity contribution in [3.63, 3.8) is 0 Å². The zero-order chi connectivity index (χ0) is 28.1. The maximum atomic E-state index is 14.6. The van der Waals surface area contributed by atoms with E-state index in [2.05, 4.69) is 11.6 Å². The SMILES string of the molecule is C=c1[nH]c2c(OCCC(F)(F)N(CC)CCO)ccc(-c3cccc(S(=O)(=O)CC)c3)c2/c1=C/C(Cl)=C\N. The first kappa shape index (κ1) is 29.6. The fraction of sp³-hybridized carbons (Fsp3) is 0.333. The van der Waals surface area contributed by atoms with Crippen LogP contribution < -0.4 is 21.0 Å². The summed E-state index contributed by atoms with van der Waals surface area (Å²) in [5, 5.41) is 11.0. The average Bonchev–Trinajstić information content (AvgIpc) is 3.22. The number of hydrogen-bond donors (Lipinski definition) is 3. The highest BCUT2D eigenvalue weighted by atomic mass is 35.5. The Bertz CT molecular complexity index is 1540. The lowest BCUT2D eigenvalue weighted by Gasteiger charge is -2.29. The highest BCUT2D eigenvalue weighted by molar-refractivity contribution is 7.91. The van der Waals surface area contributed by atoms with Gasteiger partial charge in [-0.2, -0.15) is 8.78 Å². The highest BCUT2D eigenvalue weighted by Crippen LogP contribution is 2.33. The smallest absolute Gasteiger partial charge is 0.308 e. The molecule has 38 heavy (non-hydrogen) atoms. The number of likely N-dealkylation sites (N-methyl/N-ethyl adjacent to an activating group) is 1. The molecule has 206 valence electrons. The Morgan fingerprint density at radius 1 is 1.29 bits per heavy atom. The summed E-state index contributed by atoms with van der Waals surface area (Å²) in [5.74, 6) is 0.277. The van der Waals surface area contributed by atoms with Crippen LogP contribution in [0.3, 0.4) is 0 Å². The fourth-order valence-electron chi connectivity index (χ4n) is 4.20. The molecule has 0 saturated carbocycles. The number of H-pyrrole nitrogens is 1. The van der Waals surface area contributed by atoms with Crippen molar-refractivity contribution in [1.82, 2.24) is 9.88 Å². The molecule has 1 heterocycles. The van der Waals surface area contributed by atoms with E-state index in [9.17, 15) is 17.2 Å². The van der Waals surface area contributed by atoms with Gasteiger partial charge in [-0.3, -0.25) is 0 Å². The van der Waals surface area contributed by atoms with Crippen molar-refractivity contribution in [3.8, 4) is 16.9 Å². The summed E-state index contributed by atoms with van der Waals surface area (Å²) < 4.78 is 60.1. The molecule has 0 bridgehead atoms. The molecule has 0 aliphatic rings. The second-order valence-corrected chi connectivity index (χ2v) is 11.3. The summed E-state index contributed by atoms with van der Waals surface area (Å²) >= 11 is 6.20. The van der Waals surface area contributed by atoms with Crippen LogP contribution in [0.25, 0.3) is 34.7 Å². The average molecular weight is 568 g/mol. The van der Waals surface area contributed by atoms with Crippen molar-refractivity contribution in [2.45, 2.75) is 31.2 Å². The molecule has 2 aromatic carbocycles. The first-order valence-corrected chi connectivity index (χ1v) is 14.1. The largest absolute Gasteiger partial charge is 0.491 e. The van der Waals surface area contributed by atoms with Crippen molar-refractivity contribution in [3.05, 3.63) is 58.2 Å². The van der Waals surface area contributed by atoms with Gasteiger partial charge in [-0.15, -0.1) is 0 Å². The van der Waals surface area contributed by atoms with Crippen LogP contribution in [0, 0.1) is 0 Å². The first-order chi connectivity index (χ1) is 18.0. The van der Waals surface area contributed by atoms with Gasteiger partial charge in [0.25, 0.3) is 0 Å². The number of halogens is 3. The van der Waals surface area contributed by atoms with Crippen molar-refractivity contribution in [2.24, 2.45) is 5.73 Å². The molecule has 1 aromatic heterocycles. The summed E-state index contributed by atoms with van der Waals surface area (Å²) in [7, 11) is -3.45. The predicted octanol–water partition coefficient (Wildman–Crippen LogP) is 3.53. The first-order valence-electron chi connectivity index (χ1n) is 12.1. The molecule has 0 amide bonds. The van der Waals surface area contributed by atoms with E-state index in [0.717, 1.165) is 4.90 Å². The monoisotopic (exact) mass is 567 g/mol. The number of hydrogen-bond acceptors (Lipinski definition) is 6. The predicted molar refractivity (Wildman–Crippen MR) is 148 cm³/mol. The van der Waals surface area contributed by atoms with Gasteiger partial charge in [0.15, 0.2) is 9.84 Å². The normalized spacial score (nSPS) is 13.6. The third-order valence-corrected chi connectivity index (χ3v) is 8.21. The molecule has 7 nitrogen and oxygen atoms in total. The van der Waals surface area contributed by atoms with Gasteiger partial charge in [-0.25, -0.2) is 13.3 Å². The molecule has 0 saturated heterocycles. The number of aromatic nitrogens is 1. The molecule has 3 rings (SSSR count). The third-order valence-electron chi connectivity index (χ3n) is 6.24. The van der Waals surface area contributed by atoms with E-state index in [1.165, 1.54) is 6.20 Å². The highest BCUT2D eigenvalue weighted by Gasteiger charge is 2.35. The molecule has 0 radical (unpaired) electrons. The van der Waals surface area contributed by atoms with Gasteiger partial charge >= 0.3 is 6.05 Å². The zero-order valence-corrected chi connectivity index (χ0v) is 22.9. The number of alkyl halides is 2. The van der Waals surface area contributed by atoms with Crippen molar-refractivity contribution < 1.29 is 27.0 Å². The maximum absolute atomic E-state index is 14.6. The quantitative estimate of drug-likeness (QED) is 0.289. The number of nitrogens with two attached hydrogens (primary N) is 1. The Balaban J connectivity index is 2.12. The maximum Gasteiger partial charge on any atom is 0.308 e. The van der Waals surface area contributed by atoms with Crippen LogP contribution in [-0.2, 0) is 9.84 Å². The molecular weight excluding hydrogens is 536 g/mol. The molecule has 0 atom stereocenters. The van der Waals surface area contributed by atoms with Crippen LogP contribution in [0.4, 0.5) is 8.78 Å². The Hall–Kier alpha value is -2.92. The van der Waals surface area contributed by atoms with E-state index in [-0.39, 0.29) is 42.0 Å². The van der Waals surface area contributed by atoms with Gasteiger partial charge in [0.2, 0.25) is 0 Å². The van der Waals surface area contributed by atoms with Gasteiger partial charge in [-0.1, -0.05) is 44.2 Å². The lowest BCUT2D eigenvalue weighted by molar-refractivity contribution is -0.157. The number of aliphatic hydroxyl groups is 1. The van der Waals surface area contributed by atoms with E-state index in [0.29, 0.717) is 38.3 Å². The van der Waals surface area contributed by atoms with E-state index >= 15 is 0 Å². The van der Waals surface area contributed by atoms with E-state index < -0.39 is 22.3 Å². The zero-order valence-electron chi connectivity index (χ0n) is 21.3. The van der Waals surface area contributed by atoms with Crippen molar-refractivity contribution in [2.75, 3.05) is 32.1 Å². The summed E-state index contributed by atoms with van der Waals surface area (Å²) in [5.41, 5.74) is 7.37. The second-order valence-electron chi connectivity index (χ2n) is 8.57. The number of benzene rings is 2. The minimum Gasteiger partial charge on any atom is -0.491 e. The molecule has 0 aliphatic carbocycles. The van der Waals surface area contributed by atoms with E-state index in [1.54, 1.807) is 56.3 Å². The topological polar surface area (TPSA) is 109 Å². The number of nitrogens with one attached hydrogen (secondary N) is 1. The van der Waals surface area contributed by atoms with Gasteiger partial charge < -0.3 is 20.6 Å². The lowest BCUT2D eigenvalue weighted by atomic mass is 10.00. The van der Waals surface area contributed by atoms with E-state index in [4.69, 9.17) is 27.2 Å². The Labute approximate surface area is 225 Å². The van der Waals surface area contributed by atoms with Crippen LogP contribution in [0.15, 0.2) is 52.5 Å². The Morgan fingerprint density at radius 3 is 2.66 bits per heavy atom.